The number of rotatable bonds is 3. The maximum atomic E-state index is 11.7. The number of nitrogens with zero attached hydrogens (tertiary/aromatic N) is 1. The van der Waals surface area contributed by atoms with Gasteiger partial charge < -0.3 is 0 Å². The number of hydrogen-bond acceptors (Lipinski definition) is 2. The second-order valence-electron chi connectivity index (χ2n) is 4.94. The van der Waals surface area contributed by atoms with Gasteiger partial charge in [-0.25, -0.2) is 5.43 Å². The van der Waals surface area contributed by atoms with Crippen LogP contribution in [0.25, 0.3) is 0 Å². The molecule has 1 fully saturated rings. The predicted octanol–water partition coefficient (Wildman–Crippen LogP) is 2.30. The number of hydrogen-bond donors (Lipinski definition) is 1. The van der Waals surface area contributed by atoms with Crippen LogP contribution < -0.4 is 5.43 Å². The lowest BCUT2D eigenvalue weighted by Gasteiger charge is -2.31. The average Bonchev–Trinajstić information content (AvgIpc) is 2.72. The molecule has 18 heavy (non-hydrogen) atoms. The molecule has 92 valence electrons. The van der Waals surface area contributed by atoms with E-state index < -0.39 is 0 Å². The molecule has 1 aromatic carbocycles. The third-order valence-electron chi connectivity index (χ3n) is 3.69. The molecule has 3 heteroatoms. The van der Waals surface area contributed by atoms with E-state index in [4.69, 9.17) is 0 Å². The molecule has 0 aromatic heterocycles. The Bertz CT molecular complexity index is 504. The normalized spacial score (nSPS) is 26.8. The van der Waals surface area contributed by atoms with Crippen molar-refractivity contribution in [3.63, 3.8) is 0 Å². The molecule has 0 aliphatic heterocycles. The lowest BCUT2D eigenvalue weighted by Crippen LogP contribution is -2.35. The van der Waals surface area contributed by atoms with Crippen LogP contribution in [0.2, 0.25) is 0 Å². The number of allylic oxidation sites excluding steroid dienone is 2. The van der Waals surface area contributed by atoms with Gasteiger partial charge in [0.1, 0.15) is 0 Å². The molecule has 3 nitrogen and oxygen atoms in total. The van der Waals surface area contributed by atoms with E-state index >= 15 is 0 Å². The molecular formula is C15H16N2O. The number of amides is 1. The summed E-state index contributed by atoms with van der Waals surface area (Å²) in [6.45, 7) is 0. The van der Waals surface area contributed by atoms with Gasteiger partial charge in [-0.2, -0.15) is 5.10 Å². The van der Waals surface area contributed by atoms with Gasteiger partial charge in [0.2, 0.25) is 5.91 Å². The van der Waals surface area contributed by atoms with Gasteiger partial charge in [0.25, 0.3) is 0 Å². The zero-order valence-corrected chi connectivity index (χ0v) is 10.2. The van der Waals surface area contributed by atoms with E-state index in [1.807, 2.05) is 30.3 Å². The van der Waals surface area contributed by atoms with Crippen molar-refractivity contribution >= 4 is 11.6 Å². The summed E-state index contributed by atoms with van der Waals surface area (Å²) in [5.41, 5.74) is 4.83. The summed E-state index contributed by atoms with van der Waals surface area (Å²) in [6, 6.07) is 9.73. The first-order chi connectivity index (χ1) is 8.83. The van der Waals surface area contributed by atoms with Gasteiger partial charge in [-0.15, -0.1) is 0 Å². The average molecular weight is 240 g/mol. The molecule has 1 amide bonds. The number of nitrogens with one attached hydrogen (secondary N) is 1. The molecule has 2 unspecified atom stereocenters. The zero-order valence-electron chi connectivity index (χ0n) is 10.2. The third kappa shape index (κ3) is 2.21. The van der Waals surface area contributed by atoms with Gasteiger partial charge in [-0.1, -0.05) is 42.5 Å². The molecule has 2 atom stereocenters. The van der Waals surface area contributed by atoms with E-state index in [1.54, 1.807) is 0 Å². The summed E-state index contributed by atoms with van der Waals surface area (Å²) in [4.78, 5) is 11.7. The predicted molar refractivity (Wildman–Crippen MR) is 71.1 cm³/mol. The van der Waals surface area contributed by atoms with E-state index in [-0.39, 0.29) is 5.91 Å². The molecule has 1 saturated carbocycles. The third-order valence-corrected chi connectivity index (χ3v) is 3.69. The molecule has 0 radical (unpaired) electrons. The van der Waals surface area contributed by atoms with E-state index in [2.05, 4.69) is 22.7 Å². The number of fused-ring (bicyclic) bond motifs is 1. The number of carbonyl (C=O) groups excluding carboxylic acids is 1. The molecule has 0 spiro atoms. The van der Waals surface area contributed by atoms with Crippen LogP contribution in [0.1, 0.15) is 18.4 Å². The van der Waals surface area contributed by atoms with Crippen molar-refractivity contribution in [2.45, 2.75) is 19.3 Å². The van der Waals surface area contributed by atoms with Crippen molar-refractivity contribution in [1.29, 1.82) is 0 Å². The monoisotopic (exact) mass is 240 g/mol. The van der Waals surface area contributed by atoms with Gasteiger partial charge in [-0.05, 0) is 24.3 Å². The summed E-state index contributed by atoms with van der Waals surface area (Å²) < 4.78 is 0. The highest BCUT2D eigenvalue weighted by atomic mass is 16.2. The molecular weight excluding hydrogens is 224 g/mol. The highest BCUT2D eigenvalue weighted by Crippen LogP contribution is 2.39. The van der Waals surface area contributed by atoms with Crippen LogP contribution in [0.3, 0.4) is 0 Å². The Hall–Kier alpha value is -1.90. The quantitative estimate of drug-likeness (QED) is 0.639. The van der Waals surface area contributed by atoms with Gasteiger partial charge in [0.05, 0.1) is 6.42 Å². The fourth-order valence-corrected chi connectivity index (χ4v) is 2.62. The van der Waals surface area contributed by atoms with E-state index in [0.29, 0.717) is 18.3 Å². The lowest BCUT2D eigenvalue weighted by molar-refractivity contribution is -0.120. The van der Waals surface area contributed by atoms with Crippen LogP contribution in [0.5, 0.6) is 0 Å². The van der Waals surface area contributed by atoms with Crippen molar-refractivity contribution in [2.24, 2.45) is 16.9 Å². The fourth-order valence-electron chi connectivity index (χ4n) is 2.62. The zero-order chi connectivity index (χ0) is 12.4. The van der Waals surface area contributed by atoms with Crippen molar-refractivity contribution in [3.05, 3.63) is 48.0 Å². The Morgan fingerprint density at radius 2 is 2.17 bits per heavy atom. The van der Waals surface area contributed by atoms with E-state index in [0.717, 1.165) is 24.1 Å². The second-order valence-corrected chi connectivity index (χ2v) is 4.94. The molecule has 1 aromatic rings. The molecule has 2 aliphatic carbocycles. The molecule has 0 bridgehead atoms. The summed E-state index contributed by atoms with van der Waals surface area (Å²) in [6.07, 6.45) is 6.95. The summed E-state index contributed by atoms with van der Waals surface area (Å²) in [5, 5.41) is 4.25. The van der Waals surface area contributed by atoms with Crippen LogP contribution in [0.4, 0.5) is 0 Å². The van der Waals surface area contributed by atoms with Crippen molar-refractivity contribution in [1.82, 2.24) is 5.43 Å². The van der Waals surface area contributed by atoms with Gasteiger partial charge >= 0.3 is 0 Å². The Morgan fingerprint density at radius 3 is 2.94 bits per heavy atom. The van der Waals surface area contributed by atoms with Crippen LogP contribution >= 0.6 is 0 Å². The van der Waals surface area contributed by atoms with Crippen LogP contribution in [-0.4, -0.2) is 11.6 Å². The maximum Gasteiger partial charge on any atom is 0.244 e. The first kappa shape index (κ1) is 11.2. The largest absolute Gasteiger partial charge is 0.273 e. The van der Waals surface area contributed by atoms with Crippen LogP contribution in [-0.2, 0) is 11.2 Å². The van der Waals surface area contributed by atoms with E-state index in [9.17, 15) is 4.79 Å². The van der Waals surface area contributed by atoms with Crippen molar-refractivity contribution < 1.29 is 4.79 Å². The summed E-state index contributed by atoms with van der Waals surface area (Å²) >= 11 is 0. The van der Waals surface area contributed by atoms with Gasteiger partial charge in [0, 0.05) is 11.6 Å². The summed E-state index contributed by atoms with van der Waals surface area (Å²) in [7, 11) is 0. The fraction of sp³-hybridized carbons (Fsp3) is 0.333. The topological polar surface area (TPSA) is 41.5 Å². The van der Waals surface area contributed by atoms with Gasteiger partial charge in [-0.3, -0.25) is 4.79 Å². The smallest absolute Gasteiger partial charge is 0.244 e. The Balaban J connectivity index is 1.52. The first-order valence-corrected chi connectivity index (χ1v) is 6.39. The number of hydrazone groups is 1. The highest BCUT2D eigenvalue weighted by Gasteiger charge is 2.37. The van der Waals surface area contributed by atoms with Crippen LogP contribution in [0.15, 0.2) is 47.6 Å². The standard InChI is InChI=1S/C15H16N2O/c18-15(9-11-5-2-1-3-6-11)17-16-14-10-12-7-4-8-13(12)14/h1-7,12-13H,8-10H2,(H,17,18). The molecule has 0 saturated heterocycles. The van der Waals surface area contributed by atoms with Crippen molar-refractivity contribution in [3.8, 4) is 0 Å². The van der Waals surface area contributed by atoms with Crippen LogP contribution in [0, 0.1) is 11.8 Å². The minimum Gasteiger partial charge on any atom is -0.273 e. The molecule has 0 heterocycles. The summed E-state index contributed by atoms with van der Waals surface area (Å²) in [5.74, 6) is 1.19. The number of carbonyl (C=O) groups is 1. The SMILES string of the molecule is O=C(Cc1ccccc1)NN=C1CC2C=CCC12. The highest BCUT2D eigenvalue weighted by molar-refractivity contribution is 5.95. The Morgan fingerprint density at radius 1 is 1.33 bits per heavy atom. The molecule has 2 aliphatic rings. The minimum absolute atomic E-state index is 0.0388. The van der Waals surface area contributed by atoms with Gasteiger partial charge in [0.15, 0.2) is 0 Å². The second kappa shape index (κ2) is 4.77. The van der Waals surface area contributed by atoms with E-state index in [1.165, 1.54) is 0 Å². The Labute approximate surface area is 107 Å². The minimum atomic E-state index is -0.0388. The molecule has 1 N–H and O–H groups in total. The Kier molecular flexibility index (Phi) is 2.97. The number of benzene rings is 1. The van der Waals surface area contributed by atoms with Crippen molar-refractivity contribution in [2.75, 3.05) is 0 Å². The lowest BCUT2D eigenvalue weighted by atomic mass is 9.74. The maximum absolute atomic E-state index is 11.7. The first-order valence-electron chi connectivity index (χ1n) is 6.39. The molecule has 3 rings (SSSR count).